The summed E-state index contributed by atoms with van der Waals surface area (Å²) in [5, 5.41) is 0. The molecule has 0 aliphatic heterocycles. The lowest BCUT2D eigenvalue weighted by Crippen LogP contribution is -2.37. The fraction of sp³-hybridized carbons (Fsp3) is 0.651. The third kappa shape index (κ3) is 78.4. The van der Waals surface area contributed by atoms with Gasteiger partial charge in [-0.05, 0) is 128 Å². The number of quaternary nitrogens is 1. The van der Waals surface area contributed by atoms with E-state index in [2.05, 4.69) is 184 Å². The van der Waals surface area contributed by atoms with Gasteiger partial charge in [-0.25, -0.2) is 4.57 Å². The first-order valence-corrected chi connectivity index (χ1v) is 40.4. The molecule has 0 spiro atoms. The van der Waals surface area contributed by atoms with Gasteiger partial charge < -0.3 is 18.9 Å². The number of rotatable bonds is 70. The molecule has 96 heavy (non-hydrogen) atoms. The molecule has 0 aromatic carbocycles. The van der Waals surface area contributed by atoms with Gasteiger partial charge in [0.25, 0.3) is 0 Å². The van der Waals surface area contributed by atoms with Gasteiger partial charge in [0, 0.05) is 12.8 Å². The molecule has 0 aliphatic rings. The molecule has 0 saturated carbocycles. The molecular weight excluding hydrogens is 1210 g/mol. The SMILES string of the molecule is CC/C=C\C/C=C\C/C=C\C/C=C\C/C=C\C/C=C\C/C=C\C/C=C\C/C=C\C/C=C\CCCCCCCCCCC(=O)OC(COC(=O)CCCCCCCCCCCCCCCCCCCCCC/C=C\C/C=C\C/C=C\C/C=C\CC)COP(=O)(O)OCC[N+](C)(C)C. The largest absolute Gasteiger partial charge is 0.472 e. The number of carbonyl (C=O) groups excluding carboxylic acids is 2. The summed E-state index contributed by atoms with van der Waals surface area (Å²) in [5.41, 5.74) is 0. The van der Waals surface area contributed by atoms with Crippen molar-refractivity contribution in [3.8, 4) is 0 Å². The number of phosphoric acid groups is 1. The van der Waals surface area contributed by atoms with Crippen LogP contribution in [0.4, 0.5) is 0 Å². The van der Waals surface area contributed by atoms with E-state index in [0.29, 0.717) is 17.4 Å². The quantitative estimate of drug-likeness (QED) is 0.0211. The van der Waals surface area contributed by atoms with Gasteiger partial charge in [0.2, 0.25) is 0 Å². The summed E-state index contributed by atoms with van der Waals surface area (Å²) in [5.74, 6) is -0.807. The van der Waals surface area contributed by atoms with E-state index >= 15 is 0 Å². The van der Waals surface area contributed by atoms with E-state index in [1.807, 2.05) is 21.1 Å². The molecule has 9 nitrogen and oxygen atoms in total. The van der Waals surface area contributed by atoms with Crippen LogP contribution in [-0.4, -0.2) is 74.9 Å². The molecule has 0 aromatic heterocycles. The summed E-state index contributed by atoms with van der Waals surface area (Å²) in [6.07, 6.45) is 113. The Morgan fingerprint density at radius 1 is 0.323 bits per heavy atom. The molecule has 0 bridgehead atoms. The van der Waals surface area contributed by atoms with Crippen molar-refractivity contribution in [3.63, 3.8) is 0 Å². The predicted molar refractivity (Wildman–Crippen MR) is 417 cm³/mol. The molecule has 2 atom stereocenters. The number of unbranched alkanes of at least 4 members (excludes halogenated alkanes) is 28. The lowest BCUT2D eigenvalue weighted by atomic mass is 10.0. The Kier molecular flexibility index (Phi) is 71.0. The summed E-state index contributed by atoms with van der Waals surface area (Å²) < 4.78 is 34.8. The van der Waals surface area contributed by atoms with Gasteiger partial charge in [0.15, 0.2) is 6.10 Å². The van der Waals surface area contributed by atoms with Crippen molar-refractivity contribution in [3.05, 3.63) is 170 Å². The lowest BCUT2D eigenvalue weighted by molar-refractivity contribution is -0.870. The molecule has 0 aliphatic carbocycles. The number of ether oxygens (including phenoxy) is 2. The number of esters is 2. The summed E-state index contributed by atoms with van der Waals surface area (Å²) in [4.78, 5) is 36.0. The topological polar surface area (TPSA) is 108 Å². The molecule has 0 amide bonds. The highest BCUT2D eigenvalue weighted by atomic mass is 31.2. The van der Waals surface area contributed by atoms with Gasteiger partial charge in [-0.3, -0.25) is 18.6 Å². The molecule has 2 unspecified atom stereocenters. The highest BCUT2D eigenvalue weighted by molar-refractivity contribution is 7.47. The number of hydrogen-bond donors (Lipinski definition) is 1. The van der Waals surface area contributed by atoms with Crippen LogP contribution < -0.4 is 0 Å². The van der Waals surface area contributed by atoms with E-state index in [9.17, 15) is 19.0 Å². The first-order valence-electron chi connectivity index (χ1n) is 38.9. The molecular formula is C86H145NO8P+. The van der Waals surface area contributed by atoms with Crippen LogP contribution in [0, 0.1) is 0 Å². The monoisotopic (exact) mass is 1350 g/mol. The summed E-state index contributed by atoms with van der Waals surface area (Å²) in [7, 11) is 1.46. The van der Waals surface area contributed by atoms with Crippen LogP contribution in [0.15, 0.2) is 170 Å². The average molecular weight is 1350 g/mol. The van der Waals surface area contributed by atoms with Crippen LogP contribution in [0.2, 0.25) is 0 Å². The van der Waals surface area contributed by atoms with Crippen LogP contribution >= 0.6 is 7.82 Å². The second-order valence-electron chi connectivity index (χ2n) is 26.6. The lowest BCUT2D eigenvalue weighted by Gasteiger charge is -2.24. The molecule has 0 rings (SSSR count). The van der Waals surface area contributed by atoms with E-state index in [-0.39, 0.29) is 32.0 Å². The number of carbonyl (C=O) groups is 2. The van der Waals surface area contributed by atoms with E-state index in [1.165, 1.54) is 141 Å². The van der Waals surface area contributed by atoms with Crippen molar-refractivity contribution >= 4 is 19.8 Å². The summed E-state index contributed by atoms with van der Waals surface area (Å²) in [6.45, 7) is 4.21. The minimum absolute atomic E-state index is 0.0234. The Hall–Kier alpha value is -4.63. The first-order chi connectivity index (χ1) is 47.0. The zero-order valence-corrected chi connectivity index (χ0v) is 63.2. The van der Waals surface area contributed by atoms with Crippen LogP contribution in [0.3, 0.4) is 0 Å². The predicted octanol–water partition coefficient (Wildman–Crippen LogP) is 26.1. The van der Waals surface area contributed by atoms with Crippen molar-refractivity contribution in [2.45, 2.75) is 315 Å². The van der Waals surface area contributed by atoms with Gasteiger partial charge >= 0.3 is 19.8 Å². The number of phosphoric ester groups is 1. The highest BCUT2D eigenvalue weighted by Crippen LogP contribution is 2.43. The number of nitrogens with zero attached hydrogens (tertiary/aromatic N) is 1. The standard InChI is InChI=1S/C86H144NO8P/c1-6-8-10-12-14-16-18-20-22-24-26-28-30-32-34-36-38-40-41-42-43-44-45-47-49-51-53-55-57-59-61-63-65-67-69-71-73-75-77-79-86(89)95-84(83-94-96(90,91)93-81-80-87(3,4)5)82-92-85(88)78-76-74-72-70-68-66-64-62-60-58-56-54-52-50-48-46-39-37-35-33-31-29-27-25-23-21-19-17-15-13-11-9-7-2/h8-11,14-17,20-23,26-29,32,34,38,40,42-43,45,47,51,53,57,59,84H,6-7,12-13,18-19,24-25,30-31,33,35-37,39,41,44,46,48-50,52,54-56,58,60-83H2,1-5H3/p+1/b10-8-,11-9-,16-14-,17-15-,22-20-,23-21-,28-26-,29-27-,34-32-,40-38-,43-42-,47-45-,53-51-,59-57-. The van der Waals surface area contributed by atoms with Crippen LogP contribution in [0.1, 0.15) is 309 Å². The summed E-state index contributed by atoms with van der Waals surface area (Å²) in [6, 6.07) is 0. The maximum Gasteiger partial charge on any atom is 0.472 e. The van der Waals surface area contributed by atoms with Gasteiger partial charge in [-0.15, -0.1) is 0 Å². The van der Waals surface area contributed by atoms with Crippen LogP contribution in [0.5, 0.6) is 0 Å². The second kappa shape index (κ2) is 74.6. The normalized spacial score (nSPS) is 14.0. The summed E-state index contributed by atoms with van der Waals surface area (Å²) >= 11 is 0. The first kappa shape index (κ1) is 91.4. The second-order valence-corrected chi connectivity index (χ2v) is 28.1. The van der Waals surface area contributed by atoms with Gasteiger partial charge in [-0.2, -0.15) is 0 Å². The van der Waals surface area contributed by atoms with Crippen molar-refractivity contribution in [2.24, 2.45) is 0 Å². The molecule has 0 fully saturated rings. The number of hydrogen-bond acceptors (Lipinski definition) is 7. The highest BCUT2D eigenvalue weighted by Gasteiger charge is 2.27. The Labute approximate surface area is 591 Å². The third-order valence-electron chi connectivity index (χ3n) is 16.2. The molecule has 0 heterocycles. The molecule has 10 heteroatoms. The molecule has 0 radical (unpaired) electrons. The van der Waals surface area contributed by atoms with Gasteiger partial charge in [0.1, 0.15) is 19.8 Å². The average Bonchev–Trinajstić information content (AvgIpc) is 1.98. The Balaban J connectivity index is 4.06. The van der Waals surface area contributed by atoms with Gasteiger partial charge in [0.05, 0.1) is 27.7 Å². The zero-order valence-electron chi connectivity index (χ0n) is 62.3. The Morgan fingerprint density at radius 2 is 0.562 bits per heavy atom. The maximum absolute atomic E-state index is 12.9. The zero-order chi connectivity index (χ0) is 69.7. The van der Waals surface area contributed by atoms with Crippen LogP contribution in [0.25, 0.3) is 0 Å². The number of likely N-dealkylation sites (N-methyl/N-ethyl adjacent to an activating group) is 1. The third-order valence-corrected chi connectivity index (χ3v) is 17.2. The van der Waals surface area contributed by atoms with Gasteiger partial charge in [-0.1, -0.05) is 338 Å². The van der Waals surface area contributed by atoms with E-state index in [1.54, 1.807) is 0 Å². The Bertz CT molecular complexity index is 2230. The van der Waals surface area contributed by atoms with Crippen LogP contribution in [-0.2, 0) is 32.7 Å². The van der Waals surface area contributed by atoms with E-state index < -0.39 is 26.5 Å². The van der Waals surface area contributed by atoms with Crippen molar-refractivity contribution in [1.82, 2.24) is 0 Å². The molecule has 546 valence electrons. The molecule has 0 aromatic rings. The molecule has 1 N–H and O–H groups in total. The van der Waals surface area contributed by atoms with Crippen molar-refractivity contribution in [1.29, 1.82) is 0 Å². The van der Waals surface area contributed by atoms with E-state index in [4.69, 9.17) is 18.5 Å². The smallest absolute Gasteiger partial charge is 0.462 e. The minimum atomic E-state index is -4.41. The number of allylic oxidation sites excluding steroid dienone is 28. The van der Waals surface area contributed by atoms with E-state index in [0.717, 1.165) is 135 Å². The Morgan fingerprint density at radius 3 is 0.833 bits per heavy atom. The molecule has 0 saturated heterocycles. The fourth-order valence-electron chi connectivity index (χ4n) is 10.4. The van der Waals surface area contributed by atoms with Crippen molar-refractivity contribution in [2.75, 3.05) is 47.5 Å². The minimum Gasteiger partial charge on any atom is -0.462 e. The fourth-order valence-corrected chi connectivity index (χ4v) is 11.1. The van der Waals surface area contributed by atoms with Crippen molar-refractivity contribution < 1.29 is 42.1 Å². The maximum atomic E-state index is 12.9.